The number of nitro groups is 3. The second-order valence-corrected chi connectivity index (χ2v) is 43.0. The van der Waals surface area contributed by atoms with Crippen LogP contribution in [0.25, 0.3) is 44.5 Å². The van der Waals surface area contributed by atoms with Crippen LogP contribution in [0.5, 0.6) is 0 Å². The fourth-order valence-electron chi connectivity index (χ4n) is 19.3. The molecule has 148 heavy (non-hydrogen) atoms. The van der Waals surface area contributed by atoms with Crippen molar-refractivity contribution < 1.29 is 14.8 Å². The van der Waals surface area contributed by atoms with E-state index in [1.165, 1.54) is 102 Å². The average molecular weight is 2190 g/mol. The van der Waals surface area contributed by atoms with Crippen molar-refractivity contribution in [1.29, 1.82) is 0 Å². The molecule has 4 aliphatic rings. The minimum atomic E-state index is -1.19. The Balaban J connectivity index is 0.000000138. The number of para-hydroxylation sites is 14. The van der Waals surface area contributed by atoms with Gasteiger partial charge in [-0.2, -0.15) is 0 Å². The number of fused-ring (bicyclic) bond motifs is 12. The molecule has 18 aromatic rings. The first-order valence-electron chi connectivity index (χ1n) is 48.6. The van der Waals surface area contributed by atoms with Crippen LogP contribution >= 0.6 is 31.9 Å². The number of nitrogen functional groups attached to an aromatic ring is 3. The van der Waals surface area contributed by atoms with Gasteiger partial charge in [-0.15, -0.1) is 0 Å². The molecule has 0 saturated heterocycles. The van der Waals surface area contributed by atoms with Crippen molar-refractivity contribution in [3.8, 4) is 44.5 Å². The van der Waals surface area contributed by atoms with Gasteiger partial charge in [-0.25, -0.2) is 0 Å². The number of aryl methyl sites for hydroxylation is 1. The first-order chi connectivity index (χ1) is 70.6. The van der Waals surface area contributed by atoms with Gasteiger partial charge >= 0.3 is 23.9 Å². The monoisotopic (exact) mass is 2190 g/mol. The molecule has 0 fully saturated rings. The van der Waals surface area contributed by atoms with E-state index in [1.54, 1.807) is 48.5 Å². The fourth-order valence-corrected chi connectivity index (χ4v) is 20.6. The number of nitrogens with two attached hydrogens (primary N) is 3. The van der Waals surface area contributed by atoms with Gasteiger partial charge in [0.15, 0.2) is 17.0 Å². The van der Waals surface area contributed by atoms with Crippen molar-refractivity contribution in [3.63, 3.8) is 0 Å². The third kappa shape index (κ3) is 22.3. The van der Waals surface area contributed by atoms with Gasteiger partial charge in [0.1, 0.15) is 20.3 Å². The molecule has 0 unspecified atom stereocenters. The van der Waals surface area contributed by atoms with Crippen molar-refractivity contribution in [3.05, 3.63) is 534 Å². The third-order valence-corrected chi connectivity index (χ3v) is 28.3. The summed E-state index contributed by atoms with van der Waals surface area (Å²) in [6, 6.07) is 144. The van der Waals surface area contributed by atoms with E-state index in [2.05, 4.69) is 411 Å². The third-order valence-electron chi connectivity index (χ3n) is 26.6. The topological polar surface area (TPSA) is 304 Å². The van der Waals surface area contributed by atoms with Crippen LogP contribution in [-0.2, 0) is 36.5 Å². The summed E-state index contributed by atoms with van der Waals surface area (Å²) in [7, 11) is 0. The van der Waals surface area contributed by atoms with Gasteiger partial charge in [-0.05, 0) is 186 Å². The Morgan fingerprint density at radius 1 is 0.236 bits per heavy atom. The van der Waals surface area contributed by atoms with E-state index in [0.29, 0.717) is 22.7 Å². The molecule has 20 nitrogen and oxygen atoms in total. The number of nitrogens with zero attached hydrogens (tertiary/aromatic N) is 3. The first-order valence-corrected chi connectivity index (χ1v) is 50.2. The molecule has 0 aliphatic heterocycles. The van der Waals surface area contributed by atoms with E-state index in [-0.39, 0.29) is 66.1 Å². The zero-order chi connectivity index (χ0) is 104. The summed E-state index contributed by atoms with van der Waals surface area (Å²) in [6.07, 6.45) is 0. The molecule has 14 N–H and O–H groups in total. The number of rotatable bonds is 19. The molecule has 4 aliphatic carbocycles. The normalized spacial score (nSPS) is 13.0. The molecule has 0 bridgehead atoms. The van der Waals surface area contributed by atoms with Crippen molar-refractivity contribution in [2.24, 2.45) is 0 Å². The van der Waals surface area contributed by atoms with Crippen LogP contribution in [0.1, 0.15) is 129 Å². The summed E-state index contributed by atoms with van der Waals surface area (Å²) < 4.78 is -0.215. The summed E-state index contributed by atoms with van der Waals surface area (Å²) in [6.45, 7) is 22.3. The van der Waals surface area contributed by atoms with Crippen LogP contribution in [0.4, 0.5) is 91.0 Å². The van der Waals surface area contributed by atoms with Gasteiger partial charge in [-0.1, -0.05) is 427 Å². The van der Waals surface area contributed by atoms with Crippen LogP contribution in [0.15, 0.2) is 437 Å². The zero-order valence-electron chi connectivity index (χ0n) is 84.1. The van der Waals surface area contributed by atoms with Crippen LogP contribution < -0.4 is 59.7 Å². The average Bonchev–Trinajstić information content (AvgIpc) is 1.56. The minimum absolute atomic E-state index is 0. The number of nitro benzene ring substituents is 3. The maximum absolute atomic E-state index is 11.7. The van der Waals surface area contributed by atoms with Gasteiger partial charge in [0.2, 0.25) is 0 Å². The van der Waals surface area contributed by atoms with Crippen LogP contribution in [0, 0.1) is 37.3 Å². The molecule has 0 spiro atoms. The van der Waals surface area contributed by atoms with E-state index in [0.717, 1.165) is 78.9 Å². The van der Waals surface area contributed by atoms with Gasteiger partial charge in [0, 0.05) is 63.0 Å². The van der Waals surface area contributed by atoms with Crippen LogP contribution in [-0.4, -0.2) is 38.7 Å². The van der Waals surface area contributed by atoms with Crippen LogP contribution in [0.3, 0.4) is 0 Å². The Morgan fingerprint density at radius 2 is 0.453 bits per heavy atom. The van der Waals surface area contributed by atoms with E-state index in [9.17, 15) is 30.3 Å². The first kappa shape index (κ1) is 105. The summed E-state index contributed by atoms with van der Waals surface area (Å²) in [5.74, 6) is 0. The maximum atomic E-state index is 11.7. The number of hydrogen-bond acceptors (Lipinski definition) is 17. The molecule has 742 valence electrons. The SMILES string of the molecule is BrC1(Br)c2ccccc2-c2ccccc21.CC(C)(C)c1cccc(Nc2ccccc2NC2(Nc3ccccc3Nc3cccc(C(C)(C)C)c3)c3ccccc3-c3ccccc32)c1.Cc1cccc(C(C)(C)C)c1.Nc1ccccc1NC1(Nc2ccccc2N)c2ccccc2-c2ccccc21.Nc1ccccc1[N+](=O)[O-].O=[N+]([O-])c1ccccc1NC1(Nc2ccccc2[N+](=O)[O-])c2ccccc2-c2ccccc21.[SnH2]. The molecule has 0 saturated carbocycles. The van der Waals surface area contributed by atoms with E-state index >= 15 is 0 Å². The van der Waals surface area contributed by atoms with Crippen molar-refractivity contribution in [2.75, 3.05) is 59.7 Å². The molecule has 2 radical (unpaired) electrons. The second kappa shape index (κ2) is 44.3. The molecule has 0 atom stereocenters. The standard InChI is InChI=1S/C45H46N4.C25H18N4O4.C25H22N4.C13H8Br2.C11H16.C6H6N2O2.Sn.2H/c1-43(2,3)31-17-15-19-33(29-31)46-39-25-11-13-27-41(39)48-45(37-23-9-7-21-35(37)36-22-8-10-24-38(36)45)49-42-28-14-12-26-40(42)47-34-20-16-18-32(30-34)44(4,5)6;30-28(31)23-15-7-5-13-21(23)26-25(27-22-14-6-8-16-24(22)29(32)33)19-11-3-1-9-17(19)18-10-2-4-12-20(18)25;26-21-13-5-7-15-23(21)28-25(29-24-16-8-6-14-22(24)27)19-11-3-1-9-17(19)18-10-2-4-12-20(18)25;14-13(15)11-7-3-1-5-9(11)10-6-2-4-8-12(10)13;1-9-6-5-7-10(8-9)11(2,3)4;7-5-3-1-2-4-6(5)8(9)10;;;/h7-30,46-49H,1-6H3;1-16,26-27H;1-16,28-29H,26-27H2;1-8H;5-8H,1-4H3;1-4H,7H2;;;. The number of nitrogens with one attached hydrogen (secondary N) is 8. The number of alkyl halides is 2. The fraction of sp³-hybridized carbons (Fsp3) is 0.136. The van der Waals surface area contributed by atoms with Gasteiger partial charge < -0.3 is 59.7 Å². The molecule has 0 amide bonds. The predicted octanol–water partition coefficient (Wildman–Crippen LogP) is 31.6. The molecule has 0 heterocycles. The Labute approximate surface area is 898 Å². The summed E-state index contributed by atoms with van der Waals surface area (Å²) in [5, 5.41) is 63.4. The molecule has 23 heteroatoms. The van der Waals surface area contributed by atoms with E-state index in [1.807, 2.05) is 97.1 Å². The second-order valence-electron chi connectivity index (χ2n) is 39.6. The van der Waals surface area contributed by atoms with Gasteiger partial charge in [-0.3, -0.25) is 30.3 Å². The zero-order valence-corrected chi connectivity index (χ0v) is 91.3. The van der Waals surface area contributed by atoms with E-state index < -0.39 is 31.8 Å². The van der Waals surface area contributed by atoms with Crippen molar-refractivity contribution in [2.45, 2.75) is 106 Å². The van der Waals surface area contributed by atoms with Crippen molar-refractivity contribution in [1.82, 2.24) is 0 Å². The molecule has 0 aromatic heterocycles. The van der Waals surface area contributed by atoms with Gasteiger partial charge in [0.05, 0.1) is 60.3 Å². The van der Waals surface area contributed by atoms with E-state index in [4.69, 9.17) is 17.2 Å². The quantitative estimate of drug-likeness (QED) is 0.00895. The summed E-state index contributed by atoms with van der Waals surface area (Å²) in [4.78, 5) is 32.2. The van der Waals surface area contributed by atoms with Gasteiger partial charge in [0.25, 0.3) is 17.1 Å². The van der Waals surface area contributed by atoms with Crippen LogP contribution in [0.2, 0.25) is 0 Å². The predicted molar refractivity (Wildman–Crippen MR) is 624 cm³/mol. The Hall–Kier alpha value is -16.3. The molecule has 22 rings (SSSR count). The molecule has 18 aromatic carbocycles. The number of halogens is 2. The molecular formula is C125H118Br2N14O6Sn. The summed E-state index contributed by atoms with van der Waals surface area (Å²) >= 11 is 7.51. The molecular weight excluding hydrogens is 2070 g/mol. The number of anilines is 13. The number of benzene rings is 18. The Bertz CT molecular complexity index is 7510. The Morgan fingerprint density at radius 3 is 0.723 bits per heavy atom. The summed E-state index contributed by atoms with van der Waals surface area (Å²) in [5.41, 5.74) is 48.8. The number of hydrogen-bond donors (Lipinski definition) is 11. The Kier molecular flexibility index (Phi) is 31.3. The van der Waals surface area contributed by atoms with Crippen molar-refractivity contribution >= 4 is 147 Å².